The fourth-order valence-electron chi connectivity index (χ4n) is 2.91. The number of alkyl halides is 3. The predicted molar refractivity (Wildman–Crippen MR) is 92.3 cm³/mol. The van der Waals surface area contributed by atoms with E-state index >= 15 is 0 Å². The van der Waals surface area contributed by atoms with Gasteiger partial charge in [-0.3, -0.25) is 9.59 Å². The van der Waals surface area contributed by atoms with E-state index in [4.69, 9.17) is 4.74 Å². The van der Waals surface area contributed by atoms with Crippen LogP contribution in [0.25, 0.3) is 11.1 Å². The Kier molecular flexibility index (Phi) is 5.07. The summed E-state index contributed by atoms with van der Waals surface area (Å²) in [5, 5.41) is 5.25. The molecule has 0 aliphatic carbocycles. The van der Waals surface area contributed by atoms with Crippen LogP contribution < -0.4 is 15.4 Å². The first-order valence-corrected chi connectivity index (χ1v) is 8.24. The zero-order valence-corrected chi connectivity index (χ0v) is 14.4. The van der Waals surface area contributed by atoms with Crippen molar-refractivity contribution in [2.45, 2.75) is 18.6 Å². The number of hydrogen-bond acceptors (Lipinski definition) is 3. The molecule has 1 saturated heterocycles. The van der Waals surface area contributed by atoms with E-state index < -0.39 is 23.7 Å². The summed E-state index contributed by atoms with van der Waals surface area (Å²) in [5.41, 5.74) is 0.0597. The van der Waals surface area contributed by atoms with E-state index in [2.05, 4.69) is 10.6 Å². The van der Waals surface area contributed by atoms with Gasteiger partial charge in [-0.15, -0.1) is 0 Å². The molecule has 1 atom stereocenters. The Bertz CT molecular complexity index is 881. The molecular weight excluding hydrogens is 361 g/mol. The molecule has 5 nitrogen and oxygen atoms in total. The monoisotopic (exact) mass is 378 g/mol. The fraction of sp³-hybridized carbons (Fsp3) is 0.263. The van der Waals surface area contributed by atoms with Crippen LogP contribution in [0.5, 0.6) is 5.75 Å². The molecule has 0 spiro atoms. The largest absolute Gasteiger partial charge is 0.496 e. The lowest BCUT2D eigenvalue weighted by molar-refractivity contribution is -0.137. The lowest BCUT2D eigenvalue weighted by atomic mass is 9.99. The number of hydrogen-bond donors (Lipinski definition) is 2. The molecule has 2 aromatic rings. The summed E-state index contributed by atoms with van der Waals surface area (Å²) in [6, 6.07) is 8.73. The highest BCUT2D eigenvalue weighted by Gasteiger charge is 2.31. The maximum atomic E-state index is 13.0. The van der Waals surface area contributed by atoms with Crippen LogP contribution in [-0.2, 0) is 11.0 Å². The molecule has 8 heteroatoms. The van der Waals surface area contributed by atoms with Gasteiger partial charge in [-0.1, -0.05) is 12.1 Å². The molecule has 3 rings (SSSR count). The molecule has 0 bridgehead atoms. The Labute approximate surface area is 153 Å². The molecule has 27 heavy (non-hydrogen) atoms. The normalized spacial score (nSPS) is 16.7. The van der Waals surface area contributed by atoms with Crippen molar-refractivity contribution >= 4 is 11.8 Å². The van der Waals surface area contributed by atoms with Gasteiger partial charge in [0.1, 0.15) is 11.8 Å². The van der Waals surface area contributed by atoms with Gasteiger partial charge in [0.2, 0.25) is 5.91 Å². The molecule has 0 saturated carbocycles. The average Bonchev–Trinajstić information content (AvgIpc) is 3.05. The summed E-state index contributed by atoms with van der Waals surface area (Å²) in [6.07, 6.45) is -4.00. The van der Waals surface area contributed by atoms with Crippen molar-refractivity contribution in [2.75, 3.05) is 13.7 Å². The number of nitrogens with one attached hydrogen (secondary N) is 2. The van der Waals surface area contributed by atoms with E-state index in [-0.39, 0.29) is 22.8 Å². The molecule has 1 aliphatic heterocycles. The SMILES string of the molecule is COc1ccc(C(F)(F)F)cc1-c1cccc(C(=O)N[C@@H]2CCNC2=O)c1. The highest BCUT2D eigenvalue weighted by atomic mass is 19.4. The van der Waals surface area contributed by atoms with E-state index in [1.807, 2.05) is 0 Å². The Balaban J connectivity index is 1.93. The minimum absolute atomic E-state index is 0.223. The summed E-state index contributed by atoms with van der Waals surface area (Å²) in [7, 11) is 1.36. The highest BCUT2D eigenvalue weighted by Crippen LogP contribution is 2.37. The van der Waals surface area contributed by atoms with Crippen molar-refractivity contribution in [2.24, 2.45) is 0 Å². The number of carbonyl (C=O) groups excluding carboxylic acids is 2. The molecule has 2 aromatic carbocycles. The van der Waals surface area contributed by atoms with Gasteiger partial charge in [0.15, 0.2) is 0 Å². The number of methoxy groups -OCH3 is 1. The lowest BCUT2D eigenvalue weighted by Crippen LogP contribution is -2.40. The maximum absolute atomic E-state index is 13.0. The first kappa shape index (κ1) is 18.8. The Morgan fingerprint density at radius 3 is 2.63 bits per heavy atom. The van der Waals surface area contributed by atoms with Crippen molar-refractivity contribution in [3.8, 4) is 16.9 Å². The summed E-state index contributed by atoms with van der Waals surface area (Å²) in [6.45, 7) is 0.491. The number of benzene rings is 2. The van der Waals surface area contributed by atoms with E-state index in [1.54, 1.807) is 12.1 Å². The zero-order chi connectivity index (χ0) is 19.6. The van der Waals surface area contributed by atoms with Gasteiger partial charge in [-0.05, 0) is 42.3 Å². The van der Waals surface area contributed by atoms with Crippen LogP contribution in [0.3, 0.4) is 0 Å². The topological polar surface area (TPSA) is 67.4 Å². The molecule has 0 unspecified atom stereocenters. The number of carbonyl (C=O) groups is 2. The molecule has 2 amide bonds. The van der Waals surface area contributed by atoms with Crippen LogP contribution in [-0.4, -0.2) is 31.5 Å². The van der Waals surface area contributed by atoms with Crippen LogP contribution in [0.2, 0.25) is 0 Å². The summed E-state index contributed by atoms with van der Waals surface area (Å²) in [4.78, 5) is 24.0. The molecular formula is C19H17F3N2O3. The van der Waals surface area contributed by atoms with Crippen molar-refractivity contribution in [1.29, 1.82) is 0 Å². The second kappa shape index (κ2) is 7.30. The minimum Gasteiger partial charge on any atom is -0.496 e. The van der Waals surface area contributed by atoms with E-state index in [0.717, 1.165) is 12.1 Å². The smallest absolute Gasteiger partial charge is 0.416 e. The van der Waals surface area contributed by atoms with Crippen LogP contribution in [0.4, 0.5) is 13.2 Å². The number of rotatable bonds is 4. The van der Waals surface area contributed by atoms with E-state index in [9.17, 15) is 22.8 Å². The van der Waals surface area contributed by atoms with Gasteiger partial charge < -0.3 is 15.4 Å². The van der Waals surface area contributed by atoms with Gasteiger partial charge in [0.05, 0.1) is 12.7 Å². The van der Waals surface area contributed by atoms with E-state index in [1.165, 1.54) is 25.3 Å². The second-order valence-electron chi connectivity index (χ2n) is 6.10. The summed E-state index contributed by atoms with van der Waals surface area (Å²) < 4.78 is 44.3. The van der Waals surface area contributed by atoms with Crippen molar-refractivity contribution in [3.05, 3.63) is 53.6 Å². The van der Waals surface area contributed by atoms with Crippen LogP contribution >= 0.6 is 0 Å². The second-order valence-corrected chi connectivity index (χ2v) is 6.10. The summed E-state index contributed by atoms with van der Waals surface area (Å²) >= 11 is 0. The fourth-order valence-corrected chi connectivity index (χ4v) is 2.91. The van der Waals surface area contributed by atoms with Crippen molar-refractivity contribution < 1.29 is 27.5 Å². The first-order valence-electron chi connectivity index (χ1n) is 8.24. The Hall–Kier alpha value is -3.03. The van der Waals surface area contributed by atoms with Crippen molar-refractivity contribution in [1.82, 2.24) is 10.6 Å². The third kappa shape index (κ3) is 4.05. The predicted octanol–water partition coefficient (Wildman–Crippen LogP) is 3.00. The molecule has 0 aromatic heterocycles. The number of halogens is 3. The third-order valence-electron chi connectivity index (χ3n) is 4.32. The standard InChI is InChI=1S/C19H17F3N2O3/c1-27-16-6-5-13(19(20,21)22)10-14(16)11-3-2-4-12(9-11)17(25)24-15-7-8-23-18(15)26/h2-6,9-10,15H,7-8H2,1H3,(H,23,26)(H,24,25)/t15-/m1/s1. The number of ether oxygens (including phenoxy) is 1. The van der Waals surface area contributed by atoms with Gasteiger partial charge in [0, 0.05) is 17.7 Å². The first-order chi connectivity index (χ1) is 12.8. The lowest BCUT2D eigenvalue weighted by Gasteiger charge is -2.14. The van der Waals surface area contributed by atoms with E-state index in [0.29, 0.717) is 18.5 Å². The maximum Gasteiger partial charge on any atom is 0.416 e. The third-order valence-corrected chi connectivity index (χ3v) is 4.32. The molecule has 142 valence electrons. The van der Waals surface area contributed by atoms with Crippen molar-refractivity contribution in [3.63, 3.8) is 0 Å². The van der Waals surface area contributed by atoms with Gasteiger partial charge in [-0.2, -0.15) is 13.2 Å². The van der Waals surface area contributed by atoms with Gasteiger partial charge in [-0.25, -0.2) is 0 Å². The molecule has 1 fully saturated rings. The van der Waals surface area contributed by atoms with Gasteiger partial charge in [0.25, 0.3) is 5.91 Å². The highest BCUT2D eigenvalue weighted by molar-refractivity contribution is 5.99. The minimum atomic E-state index is -4.49. The van der Waals surface area contributed by atoms with Gasteiger partial charge >= 0.3 is 6.18 Å². The zero-order valence-electron chi connectivity index (χ0n) is 14.4. The quantitative estimate of drug-likeness (QED) is 0.860. The Morgan fingerprint density at radius 1 is 1.22 bits per heavy atom. The van der Waals surface area contributed by atoms with Crippen LogP contribution in [0, 0.1) is 0 Å². The molecule has 2 N–H and O–H groups in total. The average molecular weight is 378 g/mol. The molecule has 0 radical (unpaired) electrons. The molecule has 1 heterocycles. The number of amides is 2. The summed E-state index contributed by atoms with van der Waals surface area (Å²) in [5.74, 6) is -0.459. The molecule has 1 aliphatic rings. The Morgan fingerprint density at radius 2 is 2.00 bits per heavy atom. The van der Waals surface area contributed by atoms with Crippen LogP contribution in [0.1, 0.15) is 22.3 Å². The van der Waals surface area contributed by atoms with Crippen LogP contribution in [0.15, 0.2) is 42.5 Å².